The molecule has 1 aromatic heterocycles. The van der Waals surface area contributed by atoms with Crippen molar-refractivity contribution in [3.8, 4) is 0 Å². The lowest BCUT2D eigenvalue weighted by Crippen LogP contribution is -2.25. The highest BCUT2D eigenvalue weighted by molar-refractivity contribution is 9.10. The van der Waals surface area contributed by atoms with Gasteiger partial charge in [0.2, 0.25) is 0 Å². The van der Waals surface area contributed by atoms with Crippen molar-refractivity contribution in [1.29, 1.82) is 0 Å². The fraction of sp³-hybridized carbons (Fsp3) is 0.176. The fourth-order valence-electron chi connectivity index (χ4n) is 2.88. The summed E-state index contributed by atoms with van der Waals surface area (Å²) in [4.78, 5) is 13.6. The van der Waals surface area contributed by atoms with Crippen molar-refractivity contribution in [3.05, 3.63) is 59.3 Å². The van der Waals surface area contributed by atoms with Gasteiger partial charge in [0.15, 0.2) is 0 Å². The Morgan fingerprint density at radius 2 is 1.73 bits per heavy atom. The third-order valence-corrected chi connectivity index (χ3v) is 4.47. The zero-order chi connectivity index (χ0) is 14.9. The van der Waals surface area contributed by atoms with E-state index in [1.54, 1.807) is 6.33 Å². The summed E-state index contributed by atoms with van der Waals surface area (Å²) in [5, 5.41) is 1.09. The van der Waals surface area contributed by atoms with Crippen LogP contribution in [0.4, 0.5) is 11.5 Å². The highest BCUT2D eigenvalue weighted by Crippen LogP contribution is 2.28. The fourth-order valence-corrected chi connectivity index (χ4v) is 3.24. The first-order valence-electron chi connectivity index (χ1n) is 7.26. The molecule has 3 aromatic rings. The van der Waals surface area contributed by atoms with E-state index in [2.05, 4.69) is 66.0 Å². The summed E-state index contributed by atoms with van der Waals surface area (Å²) in [6.45, 7) is 2.82. The molecule has 2 aromatic carbocycles. The van der Waals surface area contributed by atoms with Gasteiger partial charge in [-0.1, -0.05) is 34.1 Å². The minimum Gasteiger partial charge on any atom is -0.352 e. The normalized spacial score (nSPS) is 14.8. The second-order valence-corrected chi connectivity index (χ2v) is 6.28. The van der Waals surface area contributed by atoms with Gasteiger partial charge in [-0.2, -0.15) is 0 Å². The van der Waals surface area contributed by atoms with Gasteiger partial charge < -0.3 is 9.80 Å². The van der Waals surface area contributed by atoms with Crippen LogP contribution in [0.25, 0.3) is 10.9 Å². The molecule has 2 heterocycles. The minimum absolute atomic E-state index is 0.850. The quantitative estimate of drug-likeness (QED) is 0.702. The van der Waals surface area contributed by atoms with Crippen molar-refractivity contribution in [3.63, 3.8) is 0 Å². The number of halogens is 1. The van der Waals surface area contributed by atoms with Gasteiger partial charge in [0, 0.05) is 28.6 Å². The molecule has 0 aliphatic carbocycles. The molecule has 4 rings (SSSR count). The van der Waals surface area contributed by atoms with Crippen molar-refractivity contribution in [2.24, 2.45) is 0 Å². The average Bonchev–Trinajstić information content (AvgIpc) is 3.05. The molecule has 0 radical (unpaired) electrons. The van der Waals surface area contributed by atoms with Gasteiger partial charge in [-0.15, -0.1) is 0 Å². The van der Waals surface area contributed by atoms with Crippen LogP contribution in [-0.4, -0.2) is 29.7 Å². The van der Waals surface area contributed by atoms with Crippen LogP contribution < -0.4 is 9.80 Å². The van der Waals surface area contributed by atoms with Crippen LogP contribution in [0.1, 0.15) is 0 Å². The second-order valence-electron chi connectivity index (χ2n) is 5.36. The predicted molar refractivity (Wildman–Crippen MR) is 93.2 cm³/mol. The smallest absolute Gasteiger partial charge is 0.141 e. The Bertz CT molecular complexity index is 806. The molecule has 0 unspecified atom stereocenters. The van der Waals surface area contributed by atoms with Crippen molar-refractivity contribution < 1.29 is 0 Å². The molecular formula is C17H15BrN4. The van der Waals surface area contributed by atoms with Crippen LogP contribution in [0.5, 0.6) is 0 Å². The third-order valence-electron chi connectivity index (χ3n) is 3.98. The SMILES string of the molecule is Brc1ccc2ncnc(N3CCN(c4ccccc4)C3)c2c1. The number of anilines is 2. The van der Waals surface area contributed by atoms with E-state index in [4.69, 9.17) is 0 Å². The summed E-state index contributed by atoms with van der Waals surface area (Å²) in [7, 11) is 0. The number of fused-ring (bicyclic) bond motifs is 1. The van der Waals surface area contributed by atoms with Crippen LogP contribution in [0.2, 0.25) is 0 Å². The van der Waals surface area contributed by atoms with E-state index in [0.29, 0.717) is 0 Å². The number of para-hydroxylation sites is 1. The number of rotatable bonds is 2. The van der Waals surface area contributed by atoms with E-state index in [1.165, 1.54) is 5.69 Å². The minimum atomic E-state index is 0.850. The molecule has 110 valence electrons. The zero-order valence-corrected chi connectivity index (χ0v) is 13.6. The van der Waals surface area contributed by atoms with E-state index >= 15 is 0 Å². The van der Waals surface area contributed by atoms with Gasteiger partial charge in [0.25, 0.3) is 0 Å². The van der Waals surface area contributed by atoms with E-state index in [0.717, 1.165) is 41.0 Å². The predicted octanol–water partition coefficient (Wildman–Crippen LogP) is 3.68. The molecule has 0 bridgehead atoms. The number of hydrogen-bond donors (Lipinski definition) is 0. The monoisotopic (exact) mass is 354 g/mol. The van der Waals surface area contributed by atoms with Crippen LogP contribution in [0.15, 0.2) is 59.3 Å². The lowest BCUT2D eigenvalue weighted by molar-refractivity contribution is 0.929. The van der Waals surface area contributed by atoms with Crippen molar-refractivity contribution in [2.45, 2.75) is 0 Å². The largest absolute Gasteiger partial charge is 0.352 e. The molecule has 0 spiro atoms. The molecule has 0 N–H and O–H groups in total. The van der Waals surface area contributed by atoms with Crippen molar-refractivity contribution in [2.75, 3.05) is 29.6 Å². The molecule has 1 aliphatic rings. The summed E-state index contributed by atoms with van der Waals surface area (Å²) < 4.78 is 1.05. The lowest BCUT2D eigenvalue weighted by atomic mass is 10.2. The second kappa shape index (κ2) is 5.57. The van der Waals surface area contributed by atoms with Gasteiger partial charge in [0.05, 0.1) is 12.2 Å². The molecule has 4 nitrogen and oxygen atoms in total. The van der Waals surface area contributed by atoms with Gasteiger partial charge in [-0.05, 0) is 30.3 Å². The number of aromatic nitrogens is 2. The molecule has 1 fully saturated rings. The maximum absolute atomic E-state index is 4.53. The highest BCUT2D eigenvalue weighted by Gasteiger charge is 2.22. The first kappa shape index (κ1) is 13.5. The molecule has 22 heavy (non-hydrogen) atoms. The Morgan fingerprint density at radius 3 is 2.59 bits per heavy atom. The summed E-state index contributed by atoms with van der Waals surface area (Å²) in [6.07, 6.45) is 1.65. The Morgan fingerprint density at radius 1 is 0.909 bits per heavy atom. The first-order chi connectivity index (χ1) is 10.8. The summed E-state index contributed by atoms with van der Waals surface area (Å²) in [6, 6.07) is 16.6. The van der Waals surface area contributed by atoms with E-state index in [-0.39, 0.29) is 0 Å². The number of hydrogen-bond acceptors (Lipinski definition) is 4. The van der Waals surface area contributed by atoms with Gasteiger partial charge in [-0.3, -0.25) is 0 Å². The Labute approximate surface area is 137 Å². The molecule has 0 atom stereocenters. The van der Waals surface area contributed by atoms with E-state index < -0.39 is 0 Å². The van der Waals surface area contributed by atoms with Crippen LogP contribution in [-0.2, 0) is 0 Å². The maximum Gasteiger partial charge on any atom is 0.141 e. The molecule has 1 saturated heterocycles. The Kier molecular flexibility index (Phi) is 3.42. The standard InChI is InChI=1S/C17H15BrN4/c18-13-6-7-16-15(10-13)17(20-11-19-16)22-9-8-21(12-22)14-4-2-1-3-5-14/h1-7,10-11H,8-9,12H2. The Hall–Kier alpha value is -2.14. The zero-order valence-electron chi connectivity index (χ0n) is 12.0. The average molecular weight is 355 g/mol. The molecule has 0 saturated carbocycles. The lowest BCUT2D eigenvalue weighted by Gasteiger charge is -2.21. The summed E-state index contributed by atoms with van der Waals surface area (Å²) in [5.74, 6) is 1.00. The van der Waals surface area contributed by atoms with E-state index in [9.17, 15) is 0 Å². The topological polar surface area (TPSA) is 32.3 Å². The highest BCUT2D eigenvalue weighted by atomic mass is 79.9. The first-order valence-corrected chi connectivity index (χ1v) is 8.06. The molecule has 1 aliphatic heterocycles. The maximum atomic E-state index is 4.53. The van der Waals surface area contributed by atoms with Gasteiger partial charge in [0.1, 0.15) is 12.1 Å². The molecule has 0 amide bonds. The number of nitrogens with zero attached hydrogens (tertiary/aromatic N) is 4. The third kappa shape index (κ3) is 2.41. The van der Waals surface area contributed by atoms with Gasteiger partial charge >= 0.3 is 0 Å². The van der Waals surface area contributed by atoms with Crippen LogP contribution >= 0.6 is 15.9 Å². The summed E-state index contributed by atoms with van der Waals surface area (Å²) >= 11 is 3.54. The van der Waals surface area contributed by atoms with Crippen LogP contribution in [0, 0.1) is 0 Å². The van der Waals surface area contributed by atoms with Crippen molar-refractivity contribution in [1.82, 2.24) is 9.97 Å². The van der Waals surface area contributed by atoms with Crippen molar-refractivity contribution >= 4 is 38.3 Å². The number of benzene rings is 2. The summed E-state index contributed by atoms with van der Waals surface area (Å²) in [5.41, 5.74) is 2.23. The Balaban J connectivity index is 1.68. The van der Waals surface area contributed by atoms with E-state index in [1.807, 2.05) is 18.2 Å². The van der Waals surface area contributed by atoms with Crippen LogP contribution in [0.3, 0.4) is 0 Å². The van der Waals surface area contributed by atoms with Gasteiger partial charge in [-0.25, -0.2) is 9.97 Å². The molecule has 5 heteroatoms. The molecular weight excluding hydrogens is 340 g/mol.